The SMILES string of the molecule is CC(c1cccc(CN)c1)S(C)(=O)=O. The highest BCUT2D eigenvalue weighted by Gasteiger charge is 2.16. The Morgan fingerprint density at radius 2 is 2.07 bits per heavy atom. The zero-order chi connectivity index (χ0) is 10.8. The van der Waals surface area contributed by atoms with Gasteiger partial charge in [-0.3, -0.25) is 0 Å². The van der Waals surface area contributed by atoms with Crippen molar-refractivity contribution >= 4 is 9.84 Å². The van der Waals surface area contributed by atoms with Crippen LogP contribution in [0.4, 0.5) is 0 Å². The van der Waals surface area contributed by atoms with Crippen LogP contribution < -0.4 is 5.73 Å². The van der Waals surface area contributed by atoms with Gasteiger partial charge in [-0.15, -0.1) is 0 Å². The zero-order valence-corrected chi connectivity index (χ0v) is 9.21. The summed E-state index contributed by atoms with van der Waals surface area (Å²) in [5.41, 5.74) is 7.24. The predicted molar refractivity (Wildman–Crippen MR) is 57.6 cm³/mol. The van der Waals surface area contributed by atoms with Crippen LogP contribution in [0.1, 0.15) is 23.3 Å². The third-order valence-electron chi connectivity index (χ3n) is 2.30. The van der Waals surface area contributed by atoms with Gasteiger partial charge in [-0.1, -0.05) is 24.3 Å². The van der Waals surface area contributed by atoms with E-state index < -0.39 is 15.1 Å². The molecule has 1 aromatic carbocycles. The van der Waals surface area contributed by atoms with E-state index in [1.807, 2.05) is 24.3 Å². The van der Waals surface area contributed by atoms with Gasteiger partial charge < -0.3 is 5.73 Å². The zero-order valence-electron chi connectivity index (χ0n) is 8.40. The summed E-state index contributed by atoms with van der Waals surface area (Å²) in [6.07, 6.45) is 1.24. The second-order valence-electron chi connectivity index (χ2n) is 3.42. The number of hydrogen-bond acceptors (Lipinski definition) is 3. The van der Waals surface area contributed by atoms with Crippen molar-refractivity contribution in [3.8, 4) is 0 Å². The van der Waals surface area contributed by atoms with Gasteiger partial charge in [0.05, 0.1) is 5.25 Å². The molecule has 1 rings (SSSR count). The summed E-state index contributed by atoms with van der Waals surface area (Å²) in [6.45, 7) is 2.12. The molecule has 2 N–H and O–H groups in total. The monoisotopic (exact) mass is 213 g/mol. The van der Waals surface area contributed by atoms with Crippen molar-refractivity contribution < 1.29 is 8.42 Å². The molecule has 0 heterocycles. The Kier molecular flexibility index (Phi) is 3.29. The van der Waals surface area contributed by atoms with Crippen molar-refractivity contribution in [3.05, 3.63) is 35.4 Å². The van der Waals surface area contributed by atoms with Gasteiger partial charge in [0, 0.05) is 12.8 Å². The Morgan fingerprint density at radius 1 is 1.43 bits per heavy atom. The van der Waals surface area contributed by atoms with Gasteiger partial charge in [0.25, 0.3) is 0 Å². The second kappa shape index (κ2) is 4.11. The largest absolute Gasteiger partial charge is 0.326 e. The van der Waals surface area contributed by atoms with E-state index in [1.54, 1.807) is 6.92 Å². The third kappa shape index (κ3) is 2.56. The van der Waals surface area contributed by atoms with Crippen LogP contribution >= 0.6 is 0 Å². The van der Waals surface area contributed by atoms with Gasteiger partial charge in [0.2, 0.25) is 0 Å². The molecule has 0 amide bonds. The van der Waals surface area contributed by atoms with Crippen LogP contribution in [0.3, 0.4) is 0 Å². The molecular formula is C10H15NO2S. The summed E-state index contributed by atoms with van der Waals surface area (Å²) in [6, 6.07) is 7.37. The lowest BCUT2D eigenvalue weighted by Crippen LogP contribution is -2.08. The smallest absolute Gasteiger partial charge is 0.154 e. The van der Waals surface area contributed by atoms with Crippen molar-refractivity contribution in [2.75, 3.05) is 6.26 Å². The van der Waals surface area contributed by atoms with Crippen LogP contribution in [0.25, 0.3) is 0 Å². The predicted octanol–water partition coefficient (Wildman–Crippen LogP) is 1.25. The molecule has 0 radical (unpaired) electrons. The van der Waals surface area contributed by atoms with Gasteiger partial charge in [-0.2, -0.15) is 0 Å². The Bertz CT molecular complexity index is 412. The molecule has 14 heavy (non-hydrogen) atoms. The molecule has 0 aliphatic carbocycles. The Balaban J connectivity index is 3.08. The van der Waals surface area contributed by atoms with Crippen LogP contribution in [0, 0.1) is 0 Å². The van der Waals surface area contributed by atoms with E-state index in [0.717, 1.165) is 11.1 Å². The van der Waals surface area contributed by atoms with Crippen LogP contribution in [-0.2, 0) is 16.4 Å². The fourth-order valence-electron chi connectivity index (χ4n) is 1.22. The first-order chi connectivity index (χ1) is 6.45. The molecule has 0 fully saturated rings. The Morgan fingerprint density at radius 3 is 2.57 bits per heavy atom. The maximum absolute atomic E-state index is 11.3. The maximum atomic E-state index is 11.3. The normalized spacial score (nSPS) is 13.9. The van der Waals surface area contributed by atoms with Crippen molar-refractivity contribution in [1.29, 1.82) is 0 Å². The standard InChI is InChI=1S/C10H15NO2S/c1-8(14(2,12)13)10-5-3-4-9(6-10)7-11/h3-6,8H,7,11H2,1-2H3. The van der Waals surface area contributed by atoms with Crippen LogP contribution in [0.5, 0.6) is 0 Å². The van der Waals surface area contributed by atoms with E-state index >= 15 is 0 Å². The van der Waals surface area contributed by atoms with Gasteiger partial charge >= 0.3 is 0 Å². The van der Waals surface area contributed by atoms with E-state index in [1.165, 1.54) is 6.26 Å². The van der Waals surface area contributed by atoms with Crippen molar-refractivity contribution in [1.82, 2.24) is 0 Å². The van der Waals surface area contributed by atoms with E-state index in [0.29, 0.717) is 6.54 Å². The number of benzene rings is 1. The highest BCUT2D eigenvalue weighted by Crippen LogP contribution is 2.21. The van der Waals surface area contributed by atoms with Crippen LogP contribution in [0.2, 0.25) is 0 Å². The lowest BCUT2D eigenvalue weighted by atomic mass is 10.1. The molecule has 1 atom stereocenters. The molecule has 3 nitrogen and oxygen atoms in total. The number of sulfone groups is 1. The Labute approximate surface area is 84.9 Å². The number of hydrogen-bond donors (Lipinski definition) is 1. The second-order valence-corrected chi connectivity index (χ2v) is 5.79. The molecule has 0 aromatic heterocycles. The topological polar surface area (TPSA) is 60.2 Å². The molecule has 1 unspecified atom stereocenters. The van der Waals surface area contributed by atoms with Crippen molar-refractivity contribution in [2.45, 2.75) is 18.7 Å². The van der Waals surface area contributed by atoms with Gasteiger partial charge in [0.1, 0.15) is 0 Å². The maximum Gasteiger partial charge on any atom is 0.154 e. The Hall–Kier alpha value is -0.870. The summed E-state index contributed by atoms with van der Waals surface area (Å²) in [5.74, 6) is 0. The lowest BCUT2D eigenvalue weighted by molar-refractivity contribution is 0.592. The quantitative estimate of drug-likeness (QED) is 0.822. The minimum Gasteiger partial charge on any atom is -0.326 e. The molecule has 0 saturated carbocycles. The van der Waals surface area contributed by atoms with Crippen molar-refractivity contribution in [2.24, 2.45) is 5.73 Å². The first-order valence-corrected chi connectivity index (χ1v) is 6.38. The highest BCUT2D eigenvalue weighted by molar-refractivity contribution is 7.90. The molecule has 0 aliphatic rings. The first-order valence-electron chi connectivity index (χ1n) is 4.43. The molecular weight excluding hydrogens is 198 g/mol. The number of rotatable bonds is 3. The summed E-state index contributed by atoms with van der Waals surface area (Å²) < 4.78 is 22.6. The summed E-state index contributed by atoms with van der Waals surface area (Å²) in [7, 11) is -3.02. The molecule has 1 aromatic rings. The molecule has 0 spiro atoms. The van der Waals surface area contributed by atoms with E-state index in [2.05, 4.69) is 0 Å². The van der Waals surface area contributed by atoms with E-state index in [4.69, 9.17) is 5.73 Å². The summed E-state index contributed by atoms with van der Waals surface area (Å²) in [4.78, 5) is 0. The van der Waals surface area contributed by atoms with E-state index in [9.17, 15) is 8.42 Å². The summed E-state index contributed by atoms with van der Waals surface area (Å²) in [5, 5.41) is -0.464. The molecule has 0 bridgehead atoms. The lowest BCUT2D eigenvalue weighted by Gasteiger charge is -2.10. The first kappa shape index (κ1) is 11.2. The summed E-state index contributed by atoms with van der Waals surface area (Å²) >= 11 is 0. The average Bonchev–Trinajstić information content (AvgIpc) is 2.15. The fraction of sp³-hybridized carbons (Fsp3) is 0.400. The van der Waals surface area contributed by atoms with Crippen LogP contribution in [-0.4, -0.2) is 14.7 Å². The highest BCUT2D eigenvalue weighted by atomic mass is 32.2. The fourth-order valence-corrected chi connectivity index (χ4v) is 1.86. The minimum absolute atomic E-state index is 0.435. The minimum atomic E-state index is -3.02. The van der Waals surface area contributed by atoms with Crippen LogP contribution in [0.15, 0.2) is 24.3 Å². The number of nitrogens with two attached hydrogens (primary N) is 1. The molecule has 0 aliphatic heterocycles. The van der Waals surface area contributed by atoms with Gasteiger partial charge in [-0.25, -0.2) is 8.42 Å². The van der Waals surface area contributed by atoms with Gasteiger partial charge in [-0.05, 0) is 18.1 Å². The van der Waals surface area contributed by atoms with E-state index in [-0.39, 0.29) is 0 Å². The molecule has 4 heteroatoms. The molecule has 78 valence electrons. The van der Waals surface area contributed by atoms with Crippen molar-refractivity contribution in [3.63, 3.8) is 0 Å². The molecule has 0 saturated heterocycles. The van der Waals surface area contributed by atoms with Gasteiger partial charge in [0.15, 0.2) is 9.84 Å². The average molecular weight is 213 g/mol. The third-order valence-corrected chi connectivity index (χ3v) is 3.86.